The summed E-state index contributed by atoms with van der Waals surface area (Å²) in [5.74, 6) is 0.280. The summed E-state index contributed by atoms with van der Waals surface area (Å²) in [6.45, 7) is 8.68. The van der Waals surface area contributed by atoms with Crippen LogP contribution in [0, 0.1) is 6.92 Å². The zero-order chi connectivity index (χ0) is 29.4. The van der Waals surface area contributed by atoms with Gasteiger partial charge in [-0.3, -0.25) is 9.59 Å². The summed E-state index contributed by atoms with van der Waals surface area (Å²) in [7, 11) is 0. The number of carbonyl (C=O) groups excluding carboxylic acids is 2. The molecule has 0 spiro atoms. The Labute approximate surface area is 253 Å². The van der Waals surface area contributed by atoms with Crippen molar-refractivity contribution in [1.82, 2.24) is 10.2 Å². The van der Waals surface area contributed by atoms with Crippen LogP contribution < -0.4 is 10.1 Å². The second-order valence-electron chi connectivity index (χ2n) is 12.2. The Morgan fingerprint density at radius 2 is 1.63 bits per heavy atom. The van der Waals surface area contributed by atoms with Crippen LogP contribution >= 0.6 is 15.9 Å². The highest BCUT2D eigenvalue weighted by Gasteiger charge is 2.32. The Balaban J connectivity index is 1.60. The van der Waals surface area contributed by atoms with E-state index in [1.165, 1.54) is 12.0 Å². The standard InChI is InChI=1S/C35H43BrN2O3/c1-25-15-17-27(18-16-25)23-38(33(39)24-41-32-20-19-28(22-30(32)36)35(2,3)4)31(21-26-11-7-5-8-12-26)34(40)37-29-13-9-6-10-14-29/h5,7-8,11-12,15-20,22,29,31H,6,9-10,13-14,21,23-24H2,1-4H3,(H,37,40)/t31-/m0/s1. The minimum atomic E-state index is -0.663. The molecule has 6 heteroatoms. The lowest BCUT2D eigenvalue weighted by Gasteiger charge is -2.33. The van der Waals surface area contributed by atoms with Crippen molar-refractivity contribution in [2.75, 3.05) is 6.61 Å². The molecule has 1 N–H and O–H groups in total. The number of halogens is 1. The smallest absolute Gasteiger partial charge is 0.261 e. The maximum atomic E-state index is 14.0. The molecule has 1 aliphatic rings. The first kappa shape index (κ1) is 30.8. The number of nitrogens with one attached hydrogen (secondary N) is 1. The van der Waals surface area contributed by atoms with E-state index in [1.54, 1.807) is 4.90 Å². The molecular weight excluding hydrogens is 576 g/mol. The molecule has 0 unspecified atom stereocenters. The van der Waals surface area contributed by atoms with Gasteiger partial charge in [-0.05, 0) is 69.9 Å². The Hall–Kier alpha value is -3.12. The number of amides is 2. The fraction of sp³-hybridized carbons (Fsp3) is 0.429. The van der Waals surface area contributed by atoms with Crippen LogP contribution in [0.1, 0.15) is 75.1 Å². The normalized spacial score (nSPS) is 14.8. The molecule has 2 amide bonds. The molecular formula is C35H43BrN2O3. The van der Waals surface area contributed by atoms with Gasteiger partial charge in [-0.1, -0.05) is 106 Å². The monoisotopic (exact) mass is 618 g/mol. The van der Waals surface area contributed by atoms with Crippen molar-refractivity contribution in [2.45, 2.75) is 90.3 Å². The molecule has 0 aliphatic heterocycles. The highest BCUT2D eigenvalue weighted by atomic mass is 79.9. The van der Waals surface area contributed by atoms with Crippen LogP contribution in [0.2, 0.25) is 0 Å². The number of nitrogens with zero attached hydrogens (tertiary/aromatic N) is 1. The molecule has 4 rings (SSSR count). The summed E-state index contributed by atoms with van der Waals surface area (Å²) in [5, 5.41) is 3.29. The van der Waals surface area contributed by atoms with E-state index in [1.807, 2.05) is 79.7 Å². The third-order valence-corrected chi connectivity index (χ3v) is 8.46. The van der Waals surface area contributed by atoms with Crippen LogP contribution in [0.15, 0.2) is 77.3 Å². The van der Waals surface area contributed by atoms with Crippen molar-refractivity contribution in [2.24, 2.45) is 0 Å². The number of ether oxygens (including phenoxy) is 1. The van der Waals surface area contributed by atoms with Crippen molar-refractivity contribution in [1.29, 1.82) is 0 Å². The molecule has 1 fully saturated rings. The Bertz CT molecular complexity index is 1300. The van der Waals surface area contributed by atoms with Gasteiger partial charge in [0.15, 0.2) is 6.61 Å². The summed E-state index contributed by atoms with van der Waals surface area (Å²) in [5.41, 5.74) is 4.31. The van der Waals surface area contributed by atoms with Gasteiger partial charge >= 0.3 is 0 Å². The van der Waals surface area contributed by atoms with Gasteiger partial charge in [0, 0.05) is 19.0 Å². The van der Waals surface area contributed by atoms with Gasteiger partial charge in [-0.25, -0.2) is 0 Å². The number of aryl methyl sites for hydroxylation is 1. The maximum Gasteiger partial charge on any atom is 0.261 e. The van der Waals surface area contributed by atoms with Gasteiger partial charge < -0.3 is 15.0 Å². The van der Waals surface area contributed by atoms with E-state index in [-0.39, 0.29) is 29.9 Å². The first-order chi connectivity index (χ1) is 19.6. The first-order valence-corrected chi connectivity index (χ1v) is 15.5. The Morgan fingerprint density at radius 3 is 2.27 bits per heavy atom. The summed E-state index contributed by atoms with van der Waals surface area (Å²) in [6.07, 6.45) is 5.85. The fourth-order valence-corrected chi connectivity index (χ4v) is 5.79. The molecule has 41 heavy (non-hydrogen) atoms. The van der Waals surface area contributed by atoms with E-state index in [9.17, 15) is 9.59 Å². The van der Waals surface area contributed by atoms with E-state index in [0.717, 1.165) is 46.8 Å². The second-order valence-corrected chi connectivity index (χ2v) is 13.1. The predicted molar refractivity (Wildman–Crippen MR) is 169 cm³/mol. The van der Waals surface area contributed by atoms with Crippen molar-refractivity contribution in [3.05, 3.63) is 99.5 Å². The number of benzene rings is 3. The number of hydrogen-bond donors (Lipinski definition) is 1. The second kappa shape index (κ2) is 14.2. The highest BCUT2D eigenvalue weighted by Crippen LogP contribution is 2.31. The lowest BCUT2D eigenvalue weighted by molar-refractivity contribution is -0.143. The Morgan fingerprint density at radius 1 is 0.951 bits per heavy atom. The van der Waals surface area contributed by atoms with E-state index in [0.29, 0.717) is 18.7 Å². The molecule has 0 saturated heterocycles. The first-order valence-electron chi connectivity index (χ1n) is 14.7. The fourth-order valence-electron chi connectivity index (χ4n) is 5.30. The minimum absolute atomic E-state index is 0.00192. The SMILES string of the molecule is Cc1ccc(CN(C(=O)COc2ccc(C(C)(C)C)cc2Br)[C@@H](Cc2ccccc2)C(=O)NC2CCCCC2)cc1. The van der Waals surface area contributed by atoms with Crippen molar-refractivity contribution < 1.29 is 14.3 Å². The molecule has 0 bridgehead atoms. The van der Waals surface area contributed by atoms with E-state index in [4.69, 9.17) is 4.74 Å². The Kier molecular flexibility index (Phi) is 10.7. The van der Waals surface area contributed by atoms with Gasteiger partial charge in [0.05, 0.1) is 4.47 Å². The summed E-state index contributed by atoms with van der Waals surface area (Å²) in [4.78, 5) is 29.6. The molecule has 5 nitrogen and oxygen atoms in total. The molecule has 0 heterocycles. The highest BCUT2D eigenvalue weighted by molar-refractivity contribution is 9.10. The third-order valence-electron chi connectivity index (χ3n) is 7.85. The molecule has 3 aromatic rings. The van der Waals surface area contributed by atoms with Crippen LogP contribution in [-0.4, -0.2) is 35.4 Å². The van der Waals surface area contributed by atoms with Crippen LogP contribution in [-0.2, 0) is 28.0 Å². The van der Waals surface area contributed by atoms with Crippen LogP contribution in [0.4, 0.5) is 0 Å². The zero-order valence-electron chi connectivity index (χ0n) is 24.8. The average molecular weight is 620 g/mol. The minimum Gasteiger partial charge on any atom is -0.483 e. The summed E-state index contributed by atoms with van der Waals surface area (Å²) < 4.78 is 6.87. The predicted octanol–water partition coefficient (Wildman–Crippen LogP) is 7.52. The van der Waals surface area contributed by atoms with Crippen molar-refractivity contribution in [3.8, 4) is 5.75 Å². The van der Waals surface area contributed by atoms with Gasteiger partial charge in [-0.2, -0.15) is 0 Å². The lowest BCUT2D eigenvalue weighted by Crippen LogP contribution is -2.53. The summed E-state index contributed by atoms with van der Waals surface area (Å²) in [6, 6.07) is 23.5. The lowest BCUT2D eigenvalue weighted by atomic mass is 9.87. The quantitative estimate of drug-likeness (QED) is 0.255. The number of rotatable bonds is 10. The topological polar surface area (TPSA) is 58.6 Å². The van der Waals surface area contributed by atoms with E-state index in [2.05, 4.69) is 42.0 Å². The molecule has 1 saturated carbocycles. The molecule has 1 aliphatic carbocycles. The molecule has 218 valence electrons. The van der Waals surface area contributed by atoms with Gasteiger partial charge in [0.2, 0.25) is 5.91 Å². The largest absolute Gasteiger partial charge is 0.483 e. The zero-order valence-corrected chi connectivity index (χ0v) is 26.4. The van der Waals surface area contributed by atoms with Gasteiger partial charge in [-0.15, -0.1) is 0 Å². The van der Waals surface area contributed by atoms with Crippen molar-refractivity contribution >= 4 is 27.7 Å². The molecule has 0 aromatic heterocycles. The van der Waals surface area contributed by atoms with Gasteiger partial charge in [0.1, 0.15) is 11.8 Å². The van der Waals surface area contributed by atoms with Crippen LogP contribution in [0.25, 0.3) is 0 Å². The third kappa shape index (κ3) is 8.93. The summed E-state index contributed by atoms with van der Waals surface area (Å²) >= 11 is 3.62. The number of hydrogen-bond acceptors (Lipinski definition) is 3. The van der Waals surface area contributed by atoms with Crippen LogP contribution in [0.5, 0.6) is 5.75 Å². The molecule has 1 atom stereocenters. The number of carbonyl (C=O) groups is 2. The molecule has 3 aromatic carbocycles. The van der Waals surface area contributed by atoms with Crippen LogP contribution in [0.3, 0.4) is 0 Å². The maximum absolute atomic E-state index is 14.0. The van der Waals surface area contributed by atoms with Crippen molar-refractivity contribution in [3.63, 3.8) is 0 Å². The van der Waals surface area contributed by atoms with Gasteiger partial charge in [0.25, 0.3) is 5.91 Å². The van der Waals surface area contributed by atoms with E-state index >= 15 is 0 Å². The molecule has 0 radical (unpaired) electrons. The average Bonchev–Trinajstić information content (AvgIpc) is 2.95. The van der Waals surface area contributed by atoms with E-state index < -0.39 is 6.04 Å².